The molecule has 0 radical (unpaired) electrons. The maximum absolute atomic E-state index is 15.0. The summed E-state index contributed by atoms with van der Waals surface area (Å²) in [7, 11) is 0. The molecule has 4 rings (SSSR count). The normalized spacial score (nSPS) is 14.8. The zero-order chi connectivity index (χ0) is 56.6. The van der Waals surface area contributed by atoms with Crippen molar-refractivity contribution in [1.29, 1.82) is 0 Å². The number of nitrogens with one attached hydrogen (secondary N) is 7. The number of hydrogen-bond acceptors (Lipinski definition) is 11. The molecule has 0 aliphatic heterocycles. The van der Waals surface area contributed by atoms with Crippen molar-refractivity contribution >= 4 is 65.2 Å². The number of carbonyl (C=O) groups excluding carboxylic acids is 7. The van der Waals surface area contributed by atoms with Crippen molar-refractivity contribution < 1.29 is 81.9 Å². The van der Waals surface area contributed by atoms with Gasteiger partial charge in [0.15, 0.2) is 0 Å². The molecule has 24 heteroatoms. The monoisotopic (exact) mass is 1080 g/mol. The first-order valence-electron chi connectivity index (χ1n) is 25.0. The lowest BCUT2D eigenvalue weighted by Gasteiger charge is -2.32. The van der Waals surface area contributed by atoms with Crippen LogP contribution in [0.5, 0.6) is 0 Å². The molecule has 0 heterocycles. The van der Waals surface area contributed by atoms with Gasteiger partial charge in [-0.1, -0.05) is 105 Å². The van der Waals surface area contributed by atoms with Gasteiger partial charge in [-0.05, 0) is 60.4 Å². The molecule has 1 saturated carbocycles. The maximum Gasteiger partial charge on any atom is 0.335 e. The summed E-state index contributed by atoms with van der Waals surface area (Å²) >= 11 is 0. The number of carboxylic acid groups (broad SMARTS) is 4. The first-order chi connectivity index (χ1) is 36.6. The van der Waals surface area contributed by atoms with Crippen LogP contribution in [0.2, 0.25) is 0 Å². The third kappa shape index (κ3) is 21.1. The standard InChI is InChI=1S/C53H65F2N7O15/c1-30(63)57-40(29-44(68)69)51(74)58-37(22-24-43(66)67)49(72)62-46(45(33-13-7-3-8-14-33)34-15-9-4-10-16-34)52(75)59-36(21-23-42(64)65)48(71)60-38(27-32-11-5-2-6-12-32)50(73)61-39(28-41(54)55)47(70)56-26-25-31-17-19-35(20-18-31)53(76)77/h3-4,7-10,13-20,32,36-41,45-46H,2,5-6,11-12,21-29H2,1H3,(H,56,70)(H,57,63)(H,58,74)(H,59,75)(H,60,71)(H,61,73)(H,62,72)(H,64,65)(H,66,67)(H,68,69)(H,76,77)/t36-,37-,38-,39-,40-,46-/m0/s1. The molecule has 0 aromatic heterocycles. The number of hydrogen-bond donors (Lipinski definition) is 11. The summed E-state index contributed by atoms with van der Waals surface area (Å²) in [6.07, 6.45) is -4.01. The van der Waals surface area contributed by atoms with Gasteiger partial charge in [0.2, 0.25) is 47.8 Å². The van der Waals surface area contributed by atoms with Crippen molar-refractivity contribution in [1.82, 2.24) is 37.2 Å². The number of aromatic carboxylic acids is 1. The van der Waals surface area contributed by atoms with Crippen molar-refractivity contribution in [2.75, 3.05) is 6.54 Å². The third-order valence-electron chi connectivity index (χ3n) is 12.8. The van der Waals surface area contributed by atoms with Crippen LogP contribution in [0.25, 0.3) is 0 Å². The average Bonchev–Trinajstić information content (AvgIpc) is 3.38. The molecule has 0 saturated heterocycles. The van der Waals surface area contributed by atoms with Gasteiger partial charge in [0.25, 0.3) is 0 Å². The molecule has 6 atom stereocenters. The van der Waals surface area contributed by atoms with Gasteiger partial charge < -0.3 is 57.6 Å². The highest BCUT2D eigenvalue weighted by Crippen LogP contribution is 2.30. The molecule has 1 fully saturated rings. The number of aliphatic carboxylic acids is 3. The van der Waals surface area contributed by atoms with Gasteiger partial charge in [-0.15, -0.1) is 0 Å². The van der Waals surface area contributed by atoms with E-state index in [4.69, 9.17) is 0 Å². The van der Waals surface area contributed by atoms with Crippen LogP contribution in [0.15, 0.2) is 84.9 Å². The Bertz CT molecular complexity index is 2480. The Kier molecular flexibility index (Phi) is 24.6. The van der Waals surface area contributed by atoms with Gasteiger partial charge in [0.05, 0.1) is 12.0 Å². The van der Waals surface area contributed by atoms with Crippen molar-refractivity contribution in [3.05, 3.63) is 107 Å². The fraction of sp³-hybridized carbons (Fsp3) is 0.453. The fourth-order valence-electron chi connectivity index (χ4n) is 8.90. The van der Waals surface area contributed by atoms with Crippen LogP contribution in [0, 0.1) is 5.92 Å². The van der Waals surface area contributed by atoms with E-state index in [-0.39, 0.29) is 30.9 Å². The lowest BCUT2D eigenvalue weighted by molar-refractivity contribution is -0.141. The number of amides is 7. The first kappa shape index (κ1) is 61.2. The Labute approximate surface area is 441 Å². The van der Waals surface area contributed by atoms with Crippen LogP contribution in [-0.2, 0) is 54.4 Å². The molecule has 0 unspecified atom stereocenters. The number of carbonyl (C=O) groups is 11. The van der Waals surface area contributed by atoms with Gasteiger partial charge >= 0.3 is 23.9 Å². The molecule has 416 valence electrons. The van der Waals surface area contributed by atoms with E-state index in [1.54, 1.807) is 60.7 Å². The molecule has 1 aliphatic carbocycles. The Balaban J connectivity index is 1.70. The topological polar surface area (TPSA) is 353 Å². The quantitative estimate of drug-likeness (QED) is 0.0441. The van der Waals surface area contributed by atoms with Gasteiger partial charge in [-0.3, -0.25) is 47.9 Å². The average molecular weight is 1080 g/mol. The first-order valence-corrected chi connectivity index (χ1v) is 25.0. The minimum atomic E-state index is -3.08. The Morgan fingerprint density at radius 1 is 0.532 bits per heavy atom. The van der Waals surface area contributed by atoms with Gasteiger partial charge in [-0.2, -0.15) is 0 Å². The minimum absolute atomic E-state index is 0.0254. The molecule has 77 heavy (non-hydrogen) atoms. The lowest BCUT2D eigenvalue weighted by atomic mass is 9.84. The fourth-order valence-corrected chi connectivity index (χ4v) is 8.90. The second-order valence-electron chi connectivity index (χ2n) is 18.7. The molecule has 11 N–H and O–H groups in total. The Morgan fingerprint density at radius 3 is 1.51 bits per heavy atom. The third-order valence-corrected chi connectivity index (χ3v) is 12.8. The van der Waals surface area contributed by atoms with Crippen molar-refractivity contribution in [3.63, 3.8) is 0 Å². The summed E-state index contributed by atoms with van der Waals surface area (Å²) in [5.41, 5.74) is 1.46. The predicted octanol–water partition coefficient (Wildman–Crippen LogP) is 2.63. The number of benzene rings is 3. The zero-order valence-corrected chi connectivity index (χ0v) is 42.2. The van der Waals surface area contributed by atoms with Crippen LogP contribution in [-0.4, -0.2) is 135 Å². The molecule has 3 aromatic rings. The summed E-state index contributed by atoms with van der Waals surface area (Å²) in [6, 6.07) is 11.7. The van der Waals surface area contributed by atoms with E-state index in [0.29, 0.717) is 29.5 Å². The highest BCUT2D eigenvalue weighted by Gasteiger charge is 2.39. The Morgan fingerprint density at radius 2 is 1.01 bits per heavy atom. The van der Waals surface area contributed by atoms with E-state index >= 15 is 4.79 Å². The molecule has 7 amide bonds. The summed E-state index contributed by atoms with van der Waals surface area (Å²) in [5, 5.41) is 55.0. The molecule has 22 nitrogen and oxygen atoms in total. The molecule has 1 aliphatic rings. The molecule has 0 bridgehead atoms. The number of halogens is 2. The van der Waals surface area contributed by atoms with E-state index in [9.17, 15) is 77.2 Å². The van der Waals surface area contributed by atoms with E-state index in [1.807, 2.05) is 0 Å². The summed E-state index contributed by atoms with van der Waals surface area (Å²) in [6.45, 7) is 0.920. The summed E-state index contributed by atoms with van der Waals surface area (Å²) in [4.78, 5) is 144. The predicted molar refractivity (Wildman–Crippen MR) is 270 cm³/mol. The molecular formula is C53H65F2N7O15. The van der Waals surface area contributed by atoms with E-state index < -0.39 is 152 Å². The largest absolute Gasteiger partial charge is 0.481 e. The molecular weight excluding hydrogens is 1010 g/mol. The van der Waals surface area contributed by atoms with Crippen molar-refractivity contribution in [2.24, 2.45) is 5.92 Å². The van der Waals surface area contributed by atoms with Gasteiger partial charge in [-0.25, -0.2) is 13.6 Å². The SMILES string of the molecule is CC(=O)N[C@@H](CC(=O)O)C(=O)N[C@@H](CCC(=O)O)C(=O)N[C@H](C(=O)N[C@@H](CCC(=O)O)C(=O)N[C@@H](CC1CCCCC1)C(=O)N[C@@H](CC(F)F)C(=O)NCCc1ccc(C(=O)O)cc1)C(c1ccccc1)c1ccccc1. The number of rotatable bonds is 31. The van der Waals surface area contributed by atoms with E-state index in [2.05, 4.69) is 37.2 Å². The smallest absolute Gasteiger partial charge is 0.335 e. The van der Waals surface area contributed by atoms with E-state index in [0.717, 1.165) is 26.2 Å². The van der Waals surface area contributed by atoms with Crippen LogP contribution < -0.4 is 37.2 Å². The van der Waals surface area contributed by atoms with Crippen molar-refractivity contribution in [2.45, 2.75) is 139 Å². The number of alkyl halides is 2. The Hall–Kier alpha value is -8.31. The zero-order valence-electron chi connectivity index (χ0n) is 42.2. The second-order valence-corrected chi connectivity index (χ2v) is 18.7. The molecule has 3 aromatic carbocycles. The summed E-state index contributed by atoms with van der Waals surface area (Å²) < 4.78 is 28.0. The van der Waals surface area contributed by atoms with E-state index in [1.165, 1.54) is 24.3 Å². The van der Waals surface area contributed by atoms with Crippen LogP contribution >= 0.6 is 0 Å². The molecule has 0 spiro atoms. The van der Waals surface area contributed by atoms with Crippen molar-refractivity contribution in [3.8, 4) is 0 Å². The highest BCUT2D eigenvalue weighted by atomic mass is 19.3. The van der Waals surface area contributed by atoms with Gasteiger partial charge in [0.1, 0.15) is 36.3 Å². The minimum Gasteiger partial charge on any atom is -0.481 e. The second kappa shape index (κ2) is 30.9. The van der Waals surface area contributed by atoms with Crippen LogP contribution in [0.3, 0.4) is 0 Å². The maximum atomic E-state index is 15.0. The number of carboxylic acids is 4. The lowest BCUT2D eigenvalue weighted by Crippen LogP contribution is -2.61. The van der Waals surface area contributed by atoms with Crippen LogP contribution in [0.1, 0.15) is 117 Å². The van der Waals surface area contributed by atoms with Gasteiger partial charge in [0, 0.05) is 38.6 Å². The summed E-state index contributed by atoms with van der Waals surface area (Å²) in [5.74, 6) is -14.2. The van der Waals surface area contributed by atoms with Crippen LogP contribution in [0.4, 0.5) is 8.78 Å². The highest BCUT2D eigenvalue weighted by molar-refractivity contribution is 5.98.